The van der Waals surface area contributed by atoms with E-state index in [0.29, 0.717) is 32.0 Å². The molecule has 1 heterocycles. The van der Waals surface area contributed by atoms with Crippen LogP contribution in [0.3, 0.4) is 0 Å². The molecule has 0 amide bonds. The Hall–Kier alpha value is -1.96. The van der Waals surface area contributed by atoms with Gasteiger partial charge in [-0.3, -0.25) is 0 Å². The van der Waals surface area contributed by atoms with Crippen molar-refractivity contribution in [2.24, 2.45) is 4.99 Å². The highest BCUT2D eigenvalue weighted by atomic mass is 19.4. The van der Waals surface area contributed by atoms with E-state index < -0.39 is 17.8 Å². The third kappa shape index (κ3) is 4.53. The van der Waals surface area contributed by atoms with Crippen molar-refractivity contribution in [1.82, 2.24) is 10.2 Å². The van der Waals surface area contributed by atoms with Gasteiger partial charge in [0.05, 0.1) is 25.3 Å². The maximum atomic E-state index is 13.2. The molecule has 0 aromatic heterocycles. The number of guanidine groups is 1. The number of ether oxygens (including phenoxy) is 1. The van der Waals surface area contributed by atoms with Gasteiger partial charge in [-0.05, 0) is 31.0 Å². The Morgan fingerprint density at radius 2 is 2.21 bits per heavy atom. The van der Waals surface area contributed by atoms with E-state index in [0.717, 1.165) is 6.07 Å². The summed E-state index contributed by atoms with van der Waals surface area (Å²) in [6, 6.07) is 3.86. The van der Waals surface area contributed by atoms with Gasteiger partial charge in [0.25, 0.3) is 0 Å². The van der Waals surface area contributed by atoms with E-state index >= 15 is 0 Å². The van der Waals surface area contributed by atoms with E-state index in [1.54, 1.807) is 0 Å². The molecule has 1 fully saturated rings. The molecule has 1 atom stereocenters. The second kappa shape index (κ2) is 7.74. The van der Waals surface area contributed by atoms with Crippen molar-refractivity contribution in [3.05, 3.63) is 29.3 Å². The highest BCUT2D eigenvalue weighted by Crippen LogP contribution is 2.34. The molecular formula is C16H22F3N3O2. The first-order chi connectivity index (χ1) is 11.3. The lowest BCUT2D eigenvalue weighted by Gasteiger charge is -2.21. The molecule has 2 N–H and O–H groups in total. The lowest BCUT2D eigenvalue weighted by atomic mass is 10.1. The smallest absolute Gasteiger partial charge is 0.416 e. The molecule has 0 spiro atoms. The van der Waals surface area contributed by atoms with E-state index in [1.807, 2.05) is 11.8 Å². The molecule has 134 valence electrons. The van der Waals surface area contributed by atoms with E-state index in [1.165, 1.54) is 19.2 Å². The summed E-state index contributed by atoms with van der Waals surface area (Å²) in [5.74, 6) is 0.669. The first-order valence-electron chi connectivity index (χ1n) is 7.80. The fourth-order valence-electron chi connectivity index (χ4n) is 2.60. The molecule has 1 aromatic carbocycles. The Kier molecular flexibility index (Phi) is 5.93. The number of aliphatic imine (C=N–C) groups is 1. The summed E-state index contributed by atoms with van der Waals surface area (Å²) < 4.78 is 44.6. The summed E-state index contributed by atoms with van der Waals surface area (Å²) in [4.78, 5) is 6.16. The van der Waals surface area contributed by atoms with Crippen LogP contribution in [0.25, 0.3) is 0 Å². The van der Waals surface area contributed by atoms with Gasteiger partial charge in [0.2, 0.25) is 0 Å². The summed E-state index contributed by atoms with van der Waals surface area (Å²) in [5.41, 5.74) is -0.665. The molecule has 0 bridgehead atoms. The summed E-state index contributed by atoms with van der Waals surface area (Å²) in [6.07, 6.45) is -4.27. The first kappa shape index (κ1) is 18.4. The molecule has 1 aromatic rings. The van der Waals surface area contributed by atoms with Gasteiger partial charge in [-0.1, -0.05) is 6.07 Å². The van der Waals surface area contributed by atoms with Crippen molar-refractivity contribution in [2.75, 3.05) is 26.7 Å². The number of hydrogen-bond acceptors (Lipinski definition) is 3. The number of methoxy groups -OCH3 is 1. The van der Waals surface area contributed by atoms with Crippen molar-refractivity contribution in [3.63, 3.8) is 0 Å². The molecule has 24 heavy (non-hydrogen) atoms. The summed E-state index contributed by atoms with van der Waals surface area (Å²) in [7, 11) is 1.33. The molecule has 8 heteroatoms. The minimum Gasteiger partial charge on any atom is -0.497 e. The van der Waals surface area contributed by atoms with Gasteiger partial charge >= 0.3 is 6.18 Å². The molecule has 0 unspecified atom stereocenters. The van der Waals surface area contributed by atoms with Gasteiger partial charge in [-0.2, -0.15) is 13.2 Å². The van der Waals surface area contributed by atoms with E-state index in [4.69, 9.17) is 4.74 Å². The predicted molar refractivity (Wildman–Crippen MR) is 85.0 cm³/mol. The average Bonchev–Trinajstić information content (AvgIpc) is 2.96. The minimum absolute atomic E-state index is 0.0819. The second-order valence-corrected chi connectivity index (χ2v) is 5.58. The molecule has 0 saturated carbocycles. The van der Waals surface area contributed by atoms with Gasteiger partial charge in [-0.25, -0.2) is 4.99 Å². The Labute approximate surface area is 139 Å². The second-order valence-electron chi connectivity index (χ2n) is 5.58. The zero-order valence-electron chi connectivity index (χ0n) is 13.7. The van der Waals surface area contributed by atoms with Gasteiger partial charge < -0.3 is 20.1 Å². The van der Waals surface area contributed by atoms with E-state index in [9.17, 15) is 18.3 Å². The minimum atomic E-state index is -4.47. The summed E-state index contributed by atoms with van der Waals surface area (Å²) in [5, 5.41) is 12.7. The number of likely N-dealkylation sites (tertiary alicyclic amines) is 1. The highest BCUT2D eigenvalue weighted by Gasteiger charge is 2.34. The quantitative estimate of drug-likeness (QED) is 0.649. The topological polar surface area (TPSA) is 57.1 Å². The molecule has 0 aliphatic carbocycles. The Morgan fingerprint density at radius 3 is 2.75 bits per heavy atom. The van der Waals surface area contributed by atoms with Crippen molar-refractivity contribution in [2.45, 2.75) is 32.2 Å². The van der Waals surface area contributed by atoms with Crippen LogP contribution >= 0.6 is 0 Å². The van der Waals surface area contributed by atoms with E-state index in [-0.39, 0.29) is 17.9 Å². The molecule has 5 nitrogen and oxygen atoms in total. The lowest BCUT2D eigenvalue weighted by molar-refractivity contribution is -0.138. The van der Waals surface area contributed by atoms with Crippen LogP contribution in [0, 0.1) is 0 Å². The number of β-amino-alcohol motifs (C(OH)–C–C–N with tert-alkyl or cyclic N) is 1. The maximum Gasteiger partial charge on any atom is 0.416 e. The largest absolute Gasteiger partial charge is 0.497 e. The first-order valence-corrected chi connectivity index (χ1v) is 7.80. The predicted octanol–water partition coefficient (Wildman–Crippen LogP) is 2.25. The molecule has 1 saturated heterocycles. The standard InChI is InChI=1S/C16H22F3N3O2/c1-3-20-15(22-7-6-12(23)10-22)21-9-11-4-5-13(24-2)8-14(11)16(17,18)19/h4-5,8,12,23H,3,6-7,9-10H2,1-2H3,(H,20,21)/t12-/m1/s1. The van der Waals surface area contributed by atoms with Crippen LogP contribution in [0.4, 0.5) is 13.2 Å². The third-order valence-electron chi connectivity index (χ3n) is 3.82. The summed E-state index contributed by atoms with van der Waals surface area (Å²) >= 11 is 0. The fourth-order valence-corrected chi connectivity index (χ4v) is 2.60. The monoisotopic (exact) mass is 345 g/mol. The van der Waals surface area contributed by atoms with Gasteiger partial charge in [0.15, 0.2) is 5.96 Å². The van der Waals surface area contributed by atoms with Gasteiger partial charge in [0, 0.05) is 19.6 Å². The van der Waals surface area contributed by atoms with Crippen molar-refractivity contribution in [3.8, 4) is 5.75 Å². The zero-order valence-corrected chi connectivity index (χ0v) is 13.7. The highest BCUT2D eigenvalue weighted by molar-refractivity contribution is 5.80. The number of rotatable bonds is 4. The van der Waals surface area contributed by atoms with Crippen LogP contribution in [-0.4, -0.2) is 48.8 Å². The van der Waals surface area contributed by atoms with Crippen LogP contribution in [0.2, 0.25) is 0 Å². The van der Waals surface area contributed by atoms with Crippen LogP contribution in [-0.2, 0) is 12.7 Å². The number of benzene rings is 1. The fraction of sp³-hybridized carbons (Fsp3) is 0.562. The third-order valence-corrected chi connectivity index (χ3v) is 3.82. The Morgan fingerprint density at radius 1 is 1.46 bits per heavy atom. The van der Waals surface area contributed by atoms with Crippen LogP contribution in [0.15, 0.2) is 23.2 Å². The number of hydrogen-bond donors (Lipinski definition) is 2. The normalized spacial score (nSPS) is 18.8. The molecule has 1 aliphatic rings. The Balaban J connectivity index is 2.24. The van der Waals surface area contributed by atoms with E-state index in [2.05, 4.69) is 10.3 Å². The van der Waals surface area contributed by atoms with Crippen LogP contribution < -0.4 is 10.1 Å². The van der Waals surface area contributed by atoms with Crippen LogP contribution in [0.5, 0.6) is 5.75 Å². The Bertz CT molecular complexity index is 590. The zero-order chi connectivity index (χ0) is 17.7. The van der Waals surface area contributed by atoms with Crippen molar-refractivity contribution in [1.29, 1.82) is 0 Å². The number of aliphatic hydroxyl groups is 1. The van der Waals surface area contributed by atoms with Gasteiger partial charge in [0.1, 0.15) is 5.75 Å². The van der Waals surface area contributed by atoms with Crippen molar-refractivity contribution >= 4 is 5.96 Å². The number of nitrogens with one attached hydrogen (secondary N) is 1. The van der Waals surface area contributed by atoms with Crippen molar-refractivity contribution < 1.29 is 23.0 Å². The van der Waals surface area contributed by atoms with Gasteiger partial charge in [-0.15, -0.1) is 0 Å². The molecular weight excluding hydrogens is 323 g/mol. The average molecular weight is 345 g/mol. The molecule has 1 aliphatic heterocycles. The molecule has 0 radical (unpaired) electrons. The molecule has 2 rings (SSSR count). The number of nitrogens with zero attached hydrogens (tertiary/aromatic N) is 2. The lowest BCUT2D eigenvalue weighted by Crippen LogP contribution is -2.40. The summed E-state index contributed by atoms with van der Waals surface area (Å²) in [6.45, 7) is 3.44. The number of aliphatic hydroxyl groups excluding tert-OH is 1. The SMILES string of the molecule is CCNC(=NCc1ccc(OC)cc1C(F)(F)F)N1CC[C@@H](O)C1. The maximum absolute atomic E-state index is 13.2. The number of halogens is 3. The number of alkyl halides is 3. The van der Waals surface area contributed by atoms with Crippen LogP contribution in [0.1, 0.15) is 24.5 Å².